The minimum absolute atomic E-state index is 0.0385. The van der Waals surface area contributed by atoms with E-state index in [1.807, 2.05) is 19.9 Å². The van der Waals surface area contributed by atoms with Crippen LogP contribution < -0.4 is 5.32 Å². The number of aryl methyl sites for hydroxylation is 1. The number of hydrogen-bond acceptors (Lipinski definition) is 4. The summed E-state index contributed by atoms with van der Waals surface area (Å²) in [4.78, 5) is 24.0. The van der Waals surface area contributed by atoms with E-state index in [1.165, 1.54) is 0 Å². The van der Waals surface area contributed by atoms with Gasteiger partial charge in [-0.15, -0.1) is 0 Å². The van der Waals surface area contributed by atoms with Gasteiger partial charge in [0.15, 0.2) is 0 Å². The summed E-state index contributed by atoms with van der Waals surface area (Å²) >= 11 is 0. The van der Waals surface area contributed by atoms with Gasteiger partial charge in [0.05, 0.1) is 11.5 Å². The van der Waals surface area contributed by atoms with Gasteiger partial charge in [-0.25, -0.2) is 0 Å². The molecule has 0 aliphatic heterocycles. The van der Waals surface area contributed by atoms with Crippen LogP contribution in [0.3, 0.4) is 0 Å². The summed E-state index contributed by atoms with van der Waals surface area (Å²) in [5.41, 5.74) is 1.55. The maximum atomic E-state index is 11.8. The Morgan fingerprint density at radius 1 is 1.35 bits per heavy atom. The van der Waals surface area contributed by atoms with Crippen molar-refractivity contribution in [3.8, 4) is 0 Å². The predicted molar refractivity (Wildman–Crippen MR) is 77.5 cm³/mol. The van der Waals surface area contributed by atoms with Crippen LogP contribution in [0.5, 0.6) is 0 Å². The second-order valence-corrected chi connectivity index (χ2v) is 4.55. The van der Waals surface area contributed by atoms with E-state index in [2.05, 4.69) is 5.32 Å². The fraction of sp³-hybridized carbons (Fsp3) is 0.500. The molecule has 0 fully saturated rings. The highest BCUT2D eigenvalue weighted by Crippen LogP contribution is 2.18. The van der Waals surface area contributed by atoms with Gasteiger partial charge in [-0.05, 0) is 26.3 Å². The minimum Gasteiger partial charge on any atom is -0.342 e. The number of nitro benzene ring substituents is 1. The van der Waals surface area contributed by atoms with Crippen LogP contribution in [0.15, 0.2) is 18.2 Å². The van der Waals surface area contributed by atoms with E-state index >= 15 is 0 Å². The zero-order chi connectivity index (χ0) is 15.1. The molecule has 1 amide bonds. The average Bonchev–Trinajstić information content (AvgIpc) is 2.41. The average molecular weight is 279 g/mol. The second-order valence-electron chi connectivity index (χ2n) is 4.55. The van der Waals surface area contributed by atoms with Crippen molar-refractivity contribution in [1.82, 2.24) is 10.2 Å². The number of rotatable bonds is 7. The van der Waals surface area contributed by atoms with Crippen molar-refractivity contribution in [2.45, 2.75) is 27.3 Å². The first kappa shape index (κ1) is 16.1. The molecule has 20 heavy (non-hydrogen) atoms. The molecule has 0 aliphatic carbocycles. The van der Waals surface area contributed by atoms with Crippen molar-refractivity contribution in [3.63, 3.8) is 0 Å². The molecule has 1 rings (SSSR count). The van der Waals surface area contributed by atoms with Crippen molar-refractivity contribution in [1.29, 1.82) is 0 Å². The Morgan fingerprint density at radius 3 is 2.55 bits per heavy atom. The zero-order valence-corrected chi connectivity index (χ0v) is 12.2. The van der Waals surface area contributed by atoms with Gasteiger partial charge in [0.2, 0.25) is 5.91 Å². The van der Waals surface area contributed by atoms with E-state index in [0.717, 1.165) is 5.56 Å². The molecular formula is C14H21N3O3. The fourth-order valence-corrected chi connectivity index (χ4v) is 1.96. The molecule has 0 atom stereocenters. The molecule has 1 aromatic carbocycles. The van der Waals surface area contributed by atoms with Crippen molar-refractivity contribution in [2.75, 3.05) is 19.6 Å². The molecule has 1 aromatic rings. The molecule has 0 radical (unpaired) electrons. The Bertz CT molecular complexity index is 485. The molecule has 0 aromatic heterocycles. The summed E-state index contributed by atoms with van der Waals surface area (Å²) in [7, 11) is 0. The third kappa shape index (κ3) is 4.31. The molecule has 6 nitrogen and oxygen atoms in total. The molecule has 0 saturated heterocycles. The van der Waals surface area contributed by atoms with Gasteiger partial charge < -0.3 is 10.2 Å². The van der Waals surface area contributed by atoms with E-state index in [0.29, 0.717) is 25.2 Å². The van der Waals surface area contributed by atoms with Crippen LogP contribution in [0.4, 0.5) is 5.69 Å². The Labute approximate surface area is 118 Å². The maximum absolute atomic E-state index is 11.8. The SMILES string of the molecule is CCN(CC)C(=O)CNCc1ccc(C)c([N+](=O)[O-])c1. The minimum atomic E-state index is -0.389. The normalized spacial score (nSPS) is 10.3. The highest BCUT2D eigenvalue weighted by atomic mass is 16.6. The van der Waals surface area contributed by atoms with Crippen LogP contribution >= 0.6 is 0 Å². The Kier molecular flexibility index (Phi) is 6.11. The van der Waals surface area contributed by atoms with Crippen molar-refractivity contribution in [2.24, 2.45) is 0 Å². The molecule has 0 unspecified atom stereocenters. The summed E-state index contributed by atoms with van der Waals surface area (Å²) in [6.07, 6.45) is 0. The van der Waals surface area contributed by atoms with E-state index in [1.54, 1.807) is 24.0 Å². The van der Waals surface area contributed by atoms with E-state index < -0.39 is 0 Å². The zero-order valence-electron chi connectivity index (χ0n) is 12.2. The van der Waals surface area contributed by atoms with Crippen molar-refractivity contribution >= 4 is 11.6 Å². The summed E-state index contributed by atoms with van der Waals surface area (Å²) < 4.78 is 0. The van der Waals surface area contributed by atoms with Crippen LogP contribution in [0.25, 0.3) is 0 Å². The Morgan fingerprint density at radius 2 is 2.00 bits per heavy atom. The first-order chi connectivity index (χ1) is 9.49. The van der Waals surface area contributed by atoms with Crippen molar-refractivity contribution in [3.05, 3.63) is 39.4 Å². The number of hydrogen-bond donors (Lipinski definition) is 1. The van der Waals surface area contributed by atoms with E-state index in [-0.39, 0.29) is 23.1 Å². The van der Waals surface area contributed by atoms with Crippen LogP contribution in [0, 0.1) is 17.0 Å². The number of nitrogens with one attached hydrogen (secondary N) is 1. The molecule has 6 heteroatoms. The summed E-state index contributed by atoms with van der Waals surface area (Å²) in [5.74, 6) is 0.0385. The first-order valence-electron chi connectivity index (χ1n) is 6.72. The molecule has 0 saturated carbocycles. The smallest absolute Gasteiger partial charge is 0.272 e. The van der Waals surface area contributed by atoms with Crippen LogP contribution in [0.1, 0.15) is 25.0 Å². The lowest BCUT2D eigenvalue weighted by atomic mass is 10.1. The highest BCUT2D eigenvalue weighted by Gasteiger charge is 2.12. The number of carbonyl (C=O) groups is 1. The fourth-order valence-electron chi connectivity index (χ4n) is 1.96. The Balaban J connectivity index is 2.56. The number of benzene rings is 1. The summed E-state index contributed by atoms with van der Waals surface area (Å²) in [5, 5.41) is 13.9. The first-order valence-corrected chi connectivity index (χ1v) is 6.72. The third-order valence-corrected chi connectivity index (χ3v) is 3.19. The topological polar surface area (TPSA) is 75.5 Å². The van der Waals surface area contributed by atoms with Gasteiger partial charge in [-0.1, -0.05) is 12.1 Å². The third-order valence-electron chi connectivity index (χ3n) is 3.19. The Hall–Kier alpha value is -1.95. The van der Waals surface area contributed by atoms with Gasteiger partial charge in [0.25, 0.3) is 5.69 Å². The number of nitro groups is 1. The van der Waals surface area contributed by atoms with E-state index in [4.69, 9.17) is 0 Å². The van der Waals surface area contributed by atoms with Gasteiger partial charge in [-0.2, -0.15) is 0 Å². The molecule has 110 valence electrons. The van der Waals surface area contributed by atoms with Crippen molar-refractivity contribution < 1.29 is 9.72 Å². The lowest BCUT2D eigenvalue weighted by Crippen LogP contribution is -2.37. The summed E-state index contributed by atoms with van der Waals surface area (Å²) in [6.45, 7) is 7.63. The molecule has 0 aliphatic rings. The molecular weight excluding hydrogens is 258 g/mol. The quantitative estimate of drug-likeness (QED) is 0.610. The molecule has 0 spiro atoms. The number of amides is 1. The van der Waals surface area contributed by atoms with Gasteiger partial charge in [0, 0.05) is 31.3 Å². The molecule has 0 heterocycles. The largest absolute Gasteiger partial charge is 0.342 e. The summed E-state index contributed by atoms with van der Waals surface area (Å²) in [6, 6.07) is 5.10. The number of nitrogens with zero attached hydrogens (tertiary/aromatic N) is 2. The number of carbonyl (C=O) groups excluding carboxylic acids is 1. The van der Waals surface area contributed by atoms with Gasteiger partial charge >= 0.3 is 0 Å². The van der Waals surface area contributed by atoms with E-state index in [9.17, 15) is 14.9 Å². The predicted octanol–water partition coefficient (Wildman–Crippen LogP) is 1.86. The molecule has 1 N–H and O–H groups in total. The van der Waals surface area contributed by atoms with Crippen LogP contribution in [0.2, 0.25) is 0 Å². The van der Waals surface area contributed by atoms with Gasteiger partial charge in [-0.3, -0.25) is 14.9 Å². The second kappa shape index (κ2) is 7.59. The van der Waals surface area contributed by atoms with Crippen LogP contribution in [-0.4, -0.2) is 35.4 Å². The maximum Gasteiger partial charge on any atom is 0.272 e. The highest BCUT2D eigenvalue weighted by molar-refractivity contribution is 5.78. The lowest BCUT2D eigenvalue weighted by molar-refractivity contribution is -0.385. The lowest BCUT2D eigenvalue weighted by Gasteiger charge is -2.18. The molecule has 0 bridgehead atoms. The monoisotopic (exact) mass is 279 g/mol. The number of likely N-dealkylation sites (N-methyl/N-ethyl adjacent to an activating group) is 1. The standard InChI is InChI=1S/C14H21N3O3/c1-4-16(5-2)14(18)10-15-9-12-7-6-11(3)13(8-12)17(19)20/h6-8,15H,4-5,9-10H2,1-3H3. The van der Waals surface area contributed by atoms with Gasteiger partial charge in [0.1, 0.15) is 0 Å². The van der Waals surface area contributed by atoms with Crippen LogP contribution in [-0.2, 0) is 11.3 Å².